The highest BCUT2D eigenvalue weighted by Gasteiger charge is 2.21. The maximum Gasteiger partial charge on any atom is 0.346 e. The predicted octanol–water partition coefficient (Wildman–Crippen LogP) is 5.73. The summed E-state index contributed by atoms with van der Waals surface area (Å²) in [5, 5.41) is 11.4. The van der Waals surface area contributed by atoms with E-state index in [1.54, 1.807) is 12.1 Å². The van der Waals surface area contributed by atoms with Gasteiger partial charge < -0.3 is 5.32 Å². The molecule has 35 heavy (non-hydrogen) atoms. The quantitative estimate of drug-likeness (QED) is 0.329. The van der Waals surface area contributed by atoms with Crippen molar-refractivity contribution in [3.05, 3.63) is 70.3 Å². The number of hydrogen-bond donors (Lipinski definition) is 2. The number of nitrogens with one attached hydrogen (secondary N) is 2. The van der Waals surface area contributed by atoms with Gasteiger partial charge in [-0.25, -0.2) is 9.79 Å². The topological polar surface area (TPSA) is 94.7 Å². The summed E-state index contributed by atoms with van der Waals surface area (Å²) in [6, 6.07) is 11.0. The molecule has 0 radical (unpaired) electrons. The van der Waals surface area contributed by atoms with Crippen molar-refractivity contribution < 1.29 is 11.0 Å². The van der Waals surface area contributed by atoms with Gasteiger partial charge in [-0.05, 0) is 77.8 Å². The van der Waals surface area contributed by atoms with Gasteiger partial charge in [0.25, 0.3) is 0 Å². The number of fused-ring (bicyclic) bond motifs is 1. The van der Waals surface area contributed by atoms with E-state index in [9.17, 15) is 9.59 Å². The number of anilines is 1. The van der Waals surface area contributed by atoms with E-state index in [0.29, 0.717) is 29.1 Å². The van der Waals surface area contributed by atoms with Crippen LogP contribution in [0.4, 0.5) is 10.5 Å². The molecule has 0 unspecified atom stereocenters. The second kappa shape index (κ2) is 11.1. The largest absolute Gasteiger partial charge is 0.346 e. The van der Waals surface area contributed by atoms with Crippen molar-refractivity contribution in [1.29, 1.82) is 5.41 Å². The molecule has 2 amide bonds. The molecule has 2 N–H and O–H groups in total. The number of carbonyl (C=O) groups is 2. The second-order valence-electron chi connectivity index (χ2n) is 8.35. The van der Waals surface area contributed by atoms with Crippen molar-refractivity contribution in [3.63, 3.8) is 0 Å². The molecule has 0 saturated carbocycles. The molecule has 4 rings (SSSR count). The van der Waals surface area contributed by atoms with E-state index in [2.05, 4.69) is 33.4 Å². The van der Waals surface area contributed by atoms with Gasteiger partial charge in [-0.1, -0.05) is 42.8 Å². The third-order valence-corrected chi connectivity index (χ3v) is 7.01. The number of thioether (sulfide) groups is 1. The maximum absolute atomic E-state index is 12.8. The number of amidine groups is 1. The minimum absolute atomic E-state index is 0. The lowest BCUT2D eigenvalue weighted by molar-refractivity contribution is -0.115. The van der Waals surface area contributed by atoms with Crippen molar-refractivity contribution in [2.24, 2.45) is 9.98 Å². The van der Waals surface area contributed by atoms with Crippen LogP contribution in [0.2, 0.25) is 0 Å². The Morgan fingerprint density at radius 2 is 2.17 bits per heavy atom. The Morgan fingerprint density at radius 3 is 2.97 bits per heavy atom. The molecule has 1 aliphatic heterocycles. The van der Waals surface area contributed by atoms with Crippen LogP contribution in [-0.2, 0) is 24.1 Å². The minimum atomic E-state index is -0.501. The zero-order valence-electron chi connectivity index (χ0n) is 19.6. The first-order valence-electron chi connectivity index (χ1n) is 11.5. The van der Waals surface area contributed by atoms with E-state index >= 15 is 0 Å². The van der Waals surface area contributed by atoms with Gasteiger partial charge >= 0.3 is 6.03 Å². The van der Waals surface area contributed by atoms with E-state index in [-0.39, 0.29) is 18.8 Å². The predicted molar refractivity (Wildman–Crippen MR) is 147 cm³/mol. The number of aliphatic imine (C=N–C) groups is 2. The molecular weight excluding hydrogens is 456 g/mol. The summed E-state index contributed by atoms with van der Waals surface area (Å²) >= 11 is 1.29. The normalized spacial score (nSPS) is 16.5. The molecule has 0 spiro atoms. The van der Waals surface area contributed by atoms with Crippen molar-refractivity contribution in [2.45, 2.75) is 39.0 Å². The summed E-state index contributed by atoms with van der Waals surface area (Å²) < 4.78 is 0. The van der Waals surface area contributed by atoms with E-state index in [0.717, 1.165) is 36.0 Å². The average molecular weight is 485 g/mol. The van der Waals surface area contributed by atoms with Gasteiger partial charge in [0.15, 0.2) is 5.84 Å². The first kappa shape index (κ1) is 24.4. The Labute approximate surface area is 211 Å². The molecular formula is C28H28N4O2S. The zero-order valence-corrected chi connectivity index (χ0v) is 20.4. The van der Waals surface area contributed by atoms with Crippen molar-refractivity contribution in [1.82, 2.24) is 0 Å². The number of benzene rings is 2. The van der Waals surface area contributed by atoms with Crippen LogP contribution in [0.15, 0.2) is 52.5 Å². The Balaban J connectivity index is 0.00000361. The first-order chi connectivity index (χ1) is 17.0. The van der Waals surface area contributed by atoms with E-state index < -0.39 is 6.03 Å². The number of hydrogen-bond acceptors (Lipinski definition) is 4. The summed E-state index contributed by atoms with van der Waals surface area (Å²) in [6.07, 6.45) is 12.5. The summed E-state index contributed by atoms with van der Waals surface area (Å²) in [6.45, 7) is 1.97. The van der Waals surface area contributed by atoms with Gasteiger partial charge in [-0.2, -0.15) is 4.99 Å². The monoisotopic (exact) mass is 484 g/mol. The molecule has 7 heteroatoms. The molecule has 0 fully saturated rings. The number of ketones is 1. The van der Waals surface area contributed by atoms with Crippen LogP contribution < -0.4 is 5.32 Å². The lowest BCUT2D eigenvalue weighted by atomic mass is 9.93. The molecule has 6 nitrogen and oxygen atoms in total. The number of rotatable bonds is 4. The Bertz CT molecular complexity index is 1340. The molecule has 0 saturated heterocycles. The minimum Gasteiger partial charge on any atom is -0.306 e. The highest BCUT2D eigenvalue weighted by molar-refractivity contribution is 8.14. The Hall–Kier alpha value is -3.76. The van der Waals surface area contributed by atoms with Crippen molar-refractivity contribution >= 4 is 51.9 Å². The lowest BCUT2D eigenvalue weighted by Crippen LogP contribution is -2.11. The highest BCUT2D eigenvalue weighted by atomic mass is 32.2. The second-order valence-corrected chi connectivity index (χ2v) is 9.35. The van der Waals surface area contributed by atoms with Crippen molar-refractivity contribution in [2.75, 3.05) is 11.1 Å². The van der Waals surface area contributed by atoms with Gasteiger partial charge in [0.2, 0.25) is 0 Å². The maximum atomic E-state index is 12.8. The Kier molecular flexibility index (Phi) is 7.74. The van der Waals surface area contributed by atoms with Crippen LogP contribution in [0.1, 0.15) is 49.0 Å². The van der Waals surface area contributed by atoms with Gasteiger partial charge in [0.05, 0.1) is 12.0 Å². The molecule has 1 aliphatic carbocycles. The number of carbonyl (C=O) groups excluding carboxylic acids is 2. The molecule has 1 heterocycles. The summed E-state index contributed by atoms with van der Waals surface area (Å²) in [5.74, 6) is 2.74. The van der Waals surface area contributed by atoms with Gasteiger partial charge in [0.1, 0.15) is 10.8 Å². The highest BCUT2D eigenvalue weighted by Crippen LogP contribution is 2.33. The van der Waals surface area contributed by atoms with Gasteiger partial charge in [-0.3, -0.25) is 10.2 Å². The summed E-state index contributed by atoms with van der Waals surface area (Å²) in [4.78, 5) is 33.5. The fourth-order valence-electron chi connectivity index (χ4n) is 4.39. The van der Waals surface area contributed by atoms with Crippen LogP contribution in [-0.4, -0.2) is 34.7 Å². The molecule has 0 atom stereocenters. The summed E-state index contributed by atoms with van der Waals surface area (Å²) in [5.41, 5.74) is 6.77. The number of amides is 2. The standard InChI is InChI=1S/C28H26N4O2S.H2/c1-3-13-30-27(29)20-11-12-25(18(4-2)14-20)31-28(34)32-26-16-21(15-22(33)17-35-26)24-10-6-8-19-7-5-9-23(19)24;/h1,6,8,10-14,16,29H,4-5,7,9,15,17H2,2H3,(H,31,34);1H/b29-27?,30-13?,32-26-;. The Morgan fingerprint density at radius 1 is 1.31 bits per heavy atom. The number of allylic oxidation sites excluding steroid dienone is 1. The van der Waals surface area contributed by atoms with Crippen molar-refractivity contribution in [3.8, 4) is 12.3 Å². The SMILES string of the molecule is C#CC=NC(=N)c1ccc(NC(=O)/N=C2/C=C(c3cccc4c3CCC4)CC(=O)CS2)c(CC)c1.[HH]. The third kappa shape index (κ3) is 5.84. The molecule has 2 aromatic carbocycles. The van der Waals surface area contributed by atoms with Crippen LogP contribution in [0.5, 0.6) is 0 Å². The average Bonchev–Trinajstić information content (AvgIpc) is 3.27. The molecule has 2 aliphatic rings. The number of aryl methyl sites for hydroxylation is 2. The molecule has 0 bridgehead atoms. The third-order valence-electron chi connectivity index (χ3n) is 6.04. The van der Waals surface area contributed by atoms with E-state index in [1.165, 1.54) is 29.1 Å². The fraction of sp³-hybridized carbons (Fsp3) is 0.250. The number of nitrogens with zero attached hydrogens (tertiary/aromatic N) is 2. The smallest absolute Gasteiger partial charge is 0.306 e. The van der Waals surface area contributed by atoms with E-state index in [4.69, 9.17) is 11.8 Å². The lowest BCUT2D eigenvalue weighted by Gasteiger charge is -2.11. The summed E-state index contributed by atoms with van der Waals surface area (Å²) in [7, 11) is 0. The van der Waals surface area contributed by atoms with Crippen LogP contribution >= 0.6 is 11.8 Å². The fourth-order valence-corrected chi connectivity index (χ4v) is 5.18. The zero-order chi connectivity index (χ0) is 24.8. The number of terminal acetylenes is 1. The van der Waals surface area contributed by atoms with Crippen LogP contribution in [0.25, 0.3) is 5.57 Å². The van der Waals surface area contributed by atoms with Crippen LogP contribution in [0.3, 0.4) is 0 Å². The molecule has 2 aromatic rings. The first-order valence-corrected chi connectivity index (χ1v) is 12.5. The van der Waals surface area contributed by atoms with Gasteiger partial charge in [0, 0.05) is 19.1 Å². The number of Topliss-reactive ketones (excluding diaryl/α,β-unsaturated/α-hetero) is 1. The van der Waals surface area contributed by atoms with Crippen LogP contribution in [0, 0.1) is 17.8 Å². The molecule has 178 valence electrons. The van der Waals surface area contributed by atoms with Gasteiger partial charge in [-0.15, -0.1) is 6.42 Å². The molecule has 0 aromatic heterocycles. The van der Waals surface area contributed by atoms with E-state index in [1.807, 2.05) is 25.1 Å². The number of urea groups is 1.